The Bertz CT molecular complexity index is 396. The first kappa shape index (κ1) is 24.0. The molecule has 0 aliphatic heterocycles. The van der Waals surface area contributed by atoms with E-state index in [0.717, 1.165) is 0 Å². The molecule has 24 heavy (non-hydrogen) atoms. The van der Waals surface area contributed by atoms with Gasteiger partial charge < -0.3 is 0 Å². The molecule has 0 amide bonds. The van der Waals surface area contributed by atoms with Crippen LogP contribution in [0, 0.1) is 32.5 Å². The van der Waals surface area contributed by atoms with Crippen LogP contribution in [0.2, 0.25) is 0 Å². The molecule has 0 unspecified atom stereocenters. The first-order chi connectivity index (χ1) is 10.2. The van der Waals surface area contributed by atoms with E-state index in [-0.39, 0.29) is 0 Å². The van der Waals surface area contributed by atoms with Gasteiger partial charge in [-0.25, -0.2) is 0 Å². The molecule has 0 heterocycles. The summed E-state index contributed by atoms with van der Waals surface area (Å²) in [4.78, 5) is 0. The monoisotopic (exact) mass is 338 g/mol. The summed E-state index contributed by atoms with van der Waals surface area (Å²) in [6.45, 7) is 34.3. The van der Waals surface area contributed by atoms with E-state index in [0.29, 0.717) is 32.5 Å². The van der Waals surface area contributed by atoms with Crippen LogP contribution in [0.25, 0.3) is 0 Å². The van der Waals surface area contributed by atoms with Crippen LogP contribution >= 0.6 is 0 Å². The Kier molecular flexibility index (Phi) is 6.96. The lowest BCUT2D eigenvalue weighted by Gasteiger charge is -2.54. The summed E-state index contributed by atoms with van der Waals surface area (Å²) in [5.74, 6) is 0. The average molecular weight is 339 g/mol. The summed E-state index contributed by atoms with van der Waals surface area (Å²) in [5, 5.41) is 0. The van der Waals surface area contributed by atoms with Gasteiger partial charge in [-0.05, 0) is 51.8 Å². The van der Waals surface area contributed by atoms with Crippen molar-refractivity contribution in [1.82, 2.24) is 0 Å². The van der Waals surface area contributed by atoms with Gasteiger partial charge in [0.2, 0.25) is 0 Å². The molecule has 0 N–H and O–H groups in total. The SMILES string of the molecule is CCC(C)(C)CC(C)(C)C(C)(C)CC(C)(C)C(C)(C)CC(C)(C)C. The van der Waals surface area contributed by atoms with Gasteiger partial charge in [-0.2, -0.15) is 0 Å². The zero-order valence-corrected chi connectivity index (χ0v) is 19.8. The van der Waals surface area contributed by atoms with Crippen LogP contribution in [-0.4, -0.2) is 0 Å². The summed E-state index contributed by atoms with van der Waals surface area (Å²) in [6, 6.07) is 0. The van der Waals surface area contributed by atoms with E-state index < -0.39 is 0 Å². The van der Waals surface area contributed by atoms with E-state index in [1.54, 1.807) is 0 Å². The quantitative estimate of drug-likeness (QED) is 0.415. The Morgan fingerprint density at radius 3 is 1.00 bits per heavy atom. The van der Waals surface area contributed by atoms with Crippen LogP contribution in [0.5, 0.6) is 0 Å². The molecule has 0 aliphatic carbocycles. The molecule has 0 bridgehead atoms. The molecule has 0 aromatic carbocycles. The second-order valence-corrected chi connectivity index (χ2v) is 13.1. The lowest BCUT2D eigenvalue weighted by molar-refractivity contribution is -0.0378. The van der Waals surface area contributed by atoms with E-state index in [1.165, 1.54) is 25.7 Å². The third-order valence-electron chi connectivity index (χ3n) is 7.40. The standard InChI is InChI=1S/C24H50/c1-15-20(5,6)17-22(9,10)24(13,14)18-23(11,12)21(7,8)16-19(2,3)4/h15-18H2,1-14H3. The fraction of sp³-hybridized carbons (Fsp3) is 1.00. The van der Waals surface area contributed by atoms with Gasteiger partial charge in [0.15, 0.2) is 0 Å². The minimum Gasteiger partial charge on any atom is -0.0649 e. The van der Waals surface area contributed by atoms with E-state index in [9.17, 15) is 0 Å². The highest BCUT2D eigenvalue weighted by Gasteiger charge is 2.47. The van der Waals surface area contributed by atoms with E-state index >= 15 is 0 Å². The maximum absolute atomic E-state index is 2.51. The molecule has 0 fully saturated rings. The summed E-state index contributed by atoms with van der Waals surface area (Å²) in [5.41, 5.74) is 2.10. The molecule has 0 rings (SSSR count). The predicted octanol–water partition coefficient (Wildman–Crippen LogP) is 8.74. The minimum absolute atomic E-state index is 0.317. The molecule has 0 aromatic heterocycles. The molecule has 0 saturated heterocycles. The van der Waals surface area contributed by atoms with Crippen LogP contribution in [0.3, 0.4) is 0 Å². The molecule has 0 atom stereocenters. The van der Waals surface area contributed by atoms with E-state index in [1.807, 2.05) is 0 Å². The molecule has 146 valence electrons. The topological polar surface area (TPSA) is 0 Å². The zero-order chi connectivity index (χ0) is 19.8. The molecule has 0 spiro atoms. The van der Waals surface area contributed by atoms with Gasteiger partial charge in [0, 0.05) is 0 Å². The molecule has 0 aromatic rings. The molecule has 0 saturated carbocycles. The Balaban J connectivity index is 5.45. The van der Waals surface area contributed by atoms with Crippen molar-refractivity contribution < 1.29 is 0 Å². The second kappa shape index (κ2) is 6.96. The summed E-state index contributed by atoms with van der Waals surface area (Å²) in [6.07, 6.45) is 5.09. The van der Waals surface area contributed by atoms with Crippen molar-refractivity contribution in [3.05, 3.63) is 0 Å². The third-order valence-corrected chi connectivity index (χ3v) is 7.40. The van der Waals surface area contributed by atoms with Gasteiger partial charge in [0.05, 0.1) is 0 Å². The van der Waals surface area contributed by atoms with Crippen molar-refractivity contribution in [2.75, 3.05) is 0 Å². The predicted molar refractivity (Wildman–Crippen MR) is 113 cm³/mol. The van der Waals surface area contributed by atoms with Crippen LogP contribution in [0.4, 0.5) is 0 Å². The zero-order valence-electron chi connectivity index (χ0n) is 19.8. The van der Waals surface area contributed by atoms with Gasteiger partial charge in [-0.15, -0.1) is 0 Å². The van der Waals surface area contributed by atoms with Crippen LogP contribution in [0.15, 0.2) is 0 Å². The van der Waals surface area contributed by atoms with E-state index in [2.05, 4.69) is 96.9 Å². The maximum atomic E-state index is 2.51. The van der Waals surface area contributed by atoms with Crippen molar-refractivity contribution in [1.29, 1.82) is 0 Å². The highest BCUT2D eigenvalue weighted by Crippen LogP contribution is 2.57. The van der Waals surface area contributed by atoms with Crippen molar-refractivity contribution in [3.8, 4) is 0 Å². The molecule has 0 heteroatoms. The average Bonchev–Trinajstić information content (AvgIpc) is 2.22. The Morgan fingerprint density at radius 1 is 0.417 bits per heavy atom. The fourth-order valence-electron chi connectivity index (χ4n) is 4.71. The highest BCUT2D eigenvalue weighted by atomic mass is 14.5. The van der Waals surface area contributed by atoms with Crippen molar-refractivity contribution in [3.63, 3.8) is 0 Å². The Labute approximate surface area is 155 Å². The Morgan fingerprint density at radius 2 is 0.708 bits per heavy atom. The smallest absolute Gasteiger partial charge is 0.0297 e. The lowest BCUT2D eigenvalue weighted by atomic mass is 9.51. The Hall–Kier alpha value is 0. The van der Waals surface area contributed by atoms with Gasteiger partial charge in [0.25, 0.3) is 0 Å². The minimum atomic E-state index is 0.317. The molecular weight excluding hydrogens is 288 g/mol. The maximum Gasteiger partial charge on any atom is -0.0297 e. The van der Waals surface area contributed by atoms with Gasteiger partial charge in [-0.3, -0.25) is 0 Å². The van der Waals surface area contributed by atoms with Gasteiger partial charge in [-0.1, -0.05) is 103 Å². The fourth-order valence-corrected chi connectivity index (χ4v) is 4.71. The van der Waals surface area contributed by atoms with Gasteiger partial charge >= 0.3 is 0 Å². The second-order valence-electron chi connectivity index (χ2n) is 13.1. The van der Waals surface area contributed by atoms with E-state index in [4.69, 9.17) is 0 Å². The van der Waals surface area contributed by atoms with Gasteiger partial charge in [0.1, 0.15) is 0 Å². The normalized spacial score (nSPS) is 15.8. The summed E-state index contributed by atoms with van der Waals surface area (Å²) < 4.78 is 0. The van der Waals surface area contributed by atoms with Crippen molar-refractivity contribution >= 4 is 0 Å². The molecular formula is C24H50. The molecule has 0 nitrogen and oxygen atoms in total. The third kappa shape index (κ3) is 6.38. The largest absolute Gasteiger partial charge is 0.0649 e. The summed E-state index contributed by atoms with van der Waals surface area (Å²) >= 11 is 0. The number of hydrogen-bond donors (Lipinski definition) is 0. The molecule has 0 radical (unpaired) electrons. The van der Waals surface area contributed by atoms with Crippen molar-refractivity contribution in [2.45, 2.75) is 123 Å². The highest BCUT2D eigenvalue weighted by molar-refractivity contribution is 4.97. The lowest BCUT2D eigenvalue weighted by Crippen LogP contribution is -2.44. The molecule has 0 aliphatic rings. The first-order valence-electron chi connectivity index (χ1n) is 10.2. The number of rotatable bonds is 8. The summed E-state index contributed by atoms with van der Waals surface area (Å²) in [7, 11) is 0. The van der Waals surface area contributed by atoms with Crippen molar-refractivity contribution in [2.24, 2.45) is 32.5 Å². The first-order valence-corrected chi connectivity index (χ1v) is 10.2. The van der Waals surface area contributed by atoms with Crippen LogP contribution in [0.1, 0.15) is 123 Å². The van der Waals surface area contributed by atoms with Crippen LogP contribution in [-0.2, 0) is 0 Å². The number of hydrogen-bond acceptors (Lipinski definition) is 0. The van der Waals surface area contributed by atoms with Crippen LogP contribution < -0.4 is 0 Å².